The maximum Gasteiger partial charge on any atom is 0.00967 e. The van der Waals surface area contributed by atoms with Gasteiger partial charge in [0.2, 0.25) is 0 Å². The van der Waals surface area contributed by atoms with E-state index in [2.05, 4.69) is 31.0 Å². The van der Waals surface area contributed by atoms with Gasteiger partial charge < -0.3 is 5.32 Å². The summed E-state index contributed by atoms with van der Waals surface area (Å²) in [4.78, 5) is 2.82. The standard InChI is InChI=1S/C16H32N2/c1-4-10-16(3,12-17-5-2)13-18(15-8-9-15)11-14-6-7-14/h14-15,17H,4-13H2,1-3H3. The van der Waals surface area contributed by atoms with Gasteiger partial charge in [0.25, 0.3) is 0 Å². The number of hydrogen-bond acceptors (Lipinski definition) is 2. The van der Waals surface area contributed by atoms with E-state index in [-0.39, 0.29) is 0 Å². The van der Waals surface area contributed by atoms with Crippen LogP contribution in [0.4, 0.5) is 0 Å². The molecule has 106 valence electrons. The second-order valence-electron chi connectivity index (χ2n) is 6.94. The quantitative estimate of drug-likeness (QED) is 0.642. The minimum absolute atomic E-state index is 0.474. The van der Waals surface area contributed by atoms with Gasteiger partial charge in [-0.25, -0.2) is 0 Å². The van der Waals surface area contributed by atoms with E-state index in [0.717, 1.165) is 18.5 Å². The zero-order valence-corrected chi connectivity index (χ0v) is 12.7. The smallest absolute Gasteiger partial charge is 0.00967 e. The van der Waals surface area contributed by atoms with E-state index >= 15 is 0 Å². The number of nitrogens with one attached hydrogen (secondary N) is 1. The highest BCUT2D eigenvalue weighted by Gasteiger charge is 2.37. The molecule has 1 unspecified atom stereocenters. The Morgan fingerprint density at radius 3 is 2.39 bits per heavy atom. The van der Waals surface area contributed by atoms with E-state index in [1.165, 1.54) is 58.2 Å². The Morgan fingerprint density at radius 1 is 1.17 bits per heavy atom. The van der Waals surface area contributed by atoms with E-state index in [1.54, 1.807) is 0 Å². The van der Waals surface area contributed by atoms with Crippen LogP contribution < -0.4 is 5.32 Å². The van der Waals surface area contributed by atoms with E-state index in [0.29, 0.717) is 5.41 Å². The molecule has 2 saturated carbocycles. The largest absolute Gasteiger partial charge is 0.316 e. The van der Waals surface area contributed by atoms with Crippen molar-refractivity contribution in [2.45, 2.75) is 65.3 Å². The third kappa shape index (κ3) is 4.55. The van der Waals surface area contributed by atoms with Crippen molar-refractivity contribution < 1.29 is 0 Å². The molecule has 0 heterocycles. The molecule has 0 aromatic rings. The van der Waals surface area contributed by atoms with Crippen molar-refractivity contribution in [2.24, 2.45) is 11.3 Å². The summed E-state index contributed by atoms with van der Waals surface area (Å²) in [5.41, 5.74) is 0.474. The van der Waals surface area contributed by atoms with Gasteiger partial charge in [-0.1, -0.05) is 27.2 Å². The molecular weight excluding hydrogens is 220 g/mol. The maximum atomic E-state index is 3.58. The molecule has 2 heteroatoms. The summed E-state index contributed by atoms with van der Waals surface area (Å²) in [7, 11) is 0. The van der Waals surface area contributed by atoms with Crippen molar-refractivity contribution in [3.8, 4) is 0 Å². The second kappa shape index (κ2) is 6.38. The van der Waals surface area contributed by atoms with Crippen molar-refractivity contribution in [3.63, 3.8) is 0 Å². The molecule has 0 aromatic heterocycles. The topological polar surface area (TPSA) is 15.3 Å². The maximum absolute atomic E-state index is 3.58. The Kier molecular flexibility index (Phi) is 5.08. The first-order chi connectivity index (χ1) is 8.67. The number of hydrogen-bond donors (Lipinski definition) is 1. The molecule has 2 fully saturated rings. The molecule has 0 bridgehead atoms. The lowest BCUT2D eigenvalue weighted by molar-refractivity contribution is 0.138. The van der Waals surface area contributed by atoms with Gasteiger partial charge in [0.1, 0.15) is 0 Å². The Hall–Kier alpha value is -0.0800. The SMILES string of the molecule is CCCC(C)(CNCC)CN(CC1CC1)C1CC1. The van der Waals surface area contributed by atoms with Crippen LogP contribution in [0.25, 0.3) is 0 Å². The van der Waals surface area contributed by atoms with Crippen LogP contribution in [0.3, 0.4) is 0 Å². The summed E-state index contributed by atoms with van der Waals surface area (Å²) in [5, 5.41) is 3.58. The zero-order chi connectivity index (χ0) is 13.0. The molecule has 0 saturated heterocycles. The Morgan fingerprint density at radius 2 is 1.89 bits per heavy atom. The third-order valence-electron chi connectivity index (χ3n) is 4.49. The summed E-state index contributed by atoms with van der Waals surface area (Å²) in [6, 6.07) is 0.934. The average molecular weight is 252 g/mol. The van der Waals surface area contributed by atoms with Gasteiger partial charge >= 0.3 is 0 Å². The second-order valence-corrected chi connectivity index (χ2v) is 6.94. The van der Waals surface area contributed by atoms with Crippen molar-refractivity contribution in [3.05, 3.63) is 0 Å². The first-order valence-corrected chi connectivity index (χ1v) is 8.11. The molecule has 18 heavy (non-hydrogen) atoms. The van der Waals surface area contributed by atoms with Gasteiger partial charge in [-0.15, -0.1) is 0 Å². The highest BCUT2D eigenvalue weighted by molar-refractivity contribution is 4.92. The van der Waals surface area contributed by atoms with Crippen LogP contribution >= 0.6 is 0 Å². The lowest BCUT2D eigenvalue weighted by atomic mass is 9.84. The van der Waals surface area contributed by atoms with Gasteiger partial charge in [-0.05, 0) is 50.0 Å². The highest BCUT2D eigenvalue weighted by atomic mass is 15.2. The van der Waals surface area contributed by atoms with Gasteiger partial charge in [0, 0.05) is 25.7 Å². The Bertz CT molecular complexity index is 245. The summed E-state index contributed by atoms with van der Waals surface area (Å²) in [6.45, 7) is 12.0. The van der Waals surface area contributed by atoms with Crippen LogP contribution in [-0.4, -0.2) is 37.1 Å². The summed E-state index contributed by atoms with van der Waals surface area (Å²) in [6.07, 6.45) is 8.55. The monoisotopic (exact) mass is 252 g/mol. The zero-order valence-electron chi connectivity index (χ0n) is 12.7. The molecule has 0 amide bonds. The van der Waals surface area contributed by atoms with Crippen LogP contribution in [0.2, 0.25) is 0 Å². The van der Waals surface area contributed by atoms with Crippen molar-refractivity contribution in [1.29, 1.82) is 0 Å². The van der Waals surface area contributed by atoms with Gasteiger partial charge in [0.15, 0.2) is 0 Å². The van der Waals surface area contributed by atoms with E-state index in [1.807, 2.05) is 0 Å². The number of rotatable bonds is 10. The van der Waals surface area contributed by atoms with Crippen molar-refractivity contribution >= 4 is 0 Å². The van der Waals surface area contributed by atoms with Crippen LogP contribution in [0.1, 0.15) is 59.3 Å². The van der Waals surface area contributed by atoms with Crippen LogP contribution in [0.15, 0.2) is 0 Å². The van der Waals surface area contributed by atoms with Gasteiger partial charge in [-0.2, -0.15) is 0 Å². The molecule has 2 nitrogen and oxygen atoms in total. The average Bonchev–Trinajstić information content (AvgIpc) is 3.16. The van der Waals surface area contributed by atoms with E-state index in [9.17, 15) is 0 Å². The summed E-state index contributed by atoms with van der Waals surface area (Å²) < 4.78 is 0. The lowest BCUT2D eigenvalue weighted by Crippen LogP contribution is -2.44. The van der Waals surface area contributed by atoms with Crippen LogP contribution in [0, 0.1) is 11.3 Å². The molecule has 1 N–H and O–H groups in total. The van der Waals surface area contributed by atoms with Gasteiger partial charge in [0.05, 0.1) is 0 Å². The lowest BCUT2D eigenvalue weighted by Gasteiger charge is -2.36. The predicted octanol–water partition coefficient (Wildman–Crippen LogP) is 3.28. The first-order valence-electron chi connectivity index (χ1n) is 8.11. The Labute approximate surface area is 114 Å². The Balaban J connectivity index is 1.86. The normalized spacial score (nSPS) is 23.3. The summed E-state index contributed by atoms with van der Waals surface area (Å²) in [5.74, 6) is 1.04. The number of nitrogens with zero attached hydrogens (tertiary/aromatic N) is 1. The van der Waals surface area contributed by atoms with Crippen molar-refractivity contribution in [2.75, 3.05) is 26.2 Å². The third-order valence-corrected chi connectivity index (χ3v) is 4.49. The molecule has 2 aliphatic carbocycles. The minimum atomic E-state index is 0.474. The van der Waals surface area contributed by atoms with E-state index in [4.69, 9.17) is 0 Å². The van der Waals surface area contributed by atoms with Gasteiger partial charge in [-0.3, -0.25) is 4.90 Å². The minimum Gasteiger partial charge on any atom is -0.316 e. The fourth-order valence-corrected chi connectivity index (χ4v) is 3.16. The molecule has 0 aliphatic heterocycles. The molecular formula is C16H32N2. The molecule has 2 aliphatic rings. The molecule has 0 aromatic carbocycles. The molecule has 0 radical (unpaired) electrons. The fourth-order valence-electron chi connectivity index (χ4n) is 3.16. The molecule has 0 spiro atoms. The van der Waals surface area contributed by atoms with E-state index < -0.39 is 0 Å². The predicted molar refractivity (Wildman–Crippen MR) is 78.9 cm³/mol. The molecule has 2 rings (SSSR count). The summed E-state index contributed by atoms with van der Waals surface area (Å²) >= 11 is 0. The molecule has 1 atom stereocenters. The fraction of sp³-hybridized carbons (Fsp3) is 1.00. The highest BCUT2D eigenvalue weighted by Crippen LogP contribution is 2.37. The first kappa shape index (κ1) is 14.3. The van der Waals surface area contributed by atoms with Crippen LogP contribution in [0.5, 0.6) is 0 Å². The van der Waals surface area contributed by atoms with Crippen LogP contribution in [-0.2, 0) is 0 Å². The van der Waals surface area contributed by atoms with Crippen molar-refractivity contribution in [1.82, 2.24) is 10.2 Å².